The molecule has 0 atom stereocenters. The number of anilines is 1. The summed E-state index contributed by atoms with van der Waals surface area (Å²) in [5.74, 6) is 0.948. The molecule has 0 saturated carbocycles. The van der Waals surface area contributed by atoms with E-state index in [1.807, 2.05) is 18.2 Å². The molecule has 0 spiro atoms. The van der Waals surface area contributed by atoms with Crippen molar-refractivity contribution in [1.29, 1.82) is 0 Å². The van der Waals surface area contributed by atoms with Gasteiger partial charge in [0.2, 0.25) is 0 Å². The molecule has 2 aromatic rings. The molecule has 2 rings (SSSR count). The van der Waals surface area contributed by atoms with Crippen LogP contribution in [0.5, 0.6) is 11.5 Å². The fourth-order valence-electron chi connectivity index (χ4n) is 2.01. The maximum atomic E-state index is 11.8. The van der Waals surface area contributed by atoms with Gasteiger partial charge in [-0.2, -0.15) is 0 Å². The molecule has 0 fully saturated rings. The minimum Gasteiger partial charge on any atom is -0.497 e. The molecule has 2 N–H and O–H groups in total. The number of amides is 2. The lowest BCUT2D eigenvalue weighted by Gasteiger charge is -2.10. The number of benzene rings is 2. The van der Waals surface area contributed by atoms with Crippen LogP contribution in [-0.2, 0) is 4.74 Å². The average molecular weight is 344 g/mol. The first-order valence-corrected chi connectivity index (χ1v) is 7.62. The first-order chi connectivity index (χ1) is 12.1. The number of nitrogens with one attached hydrogen (secondary N) is 2. The van der Waals surface area contributed by atoms with Gasteiger partial charge in [0, 0.05) is 11.8 Å². The van der Waals surface area contributed by atoms with Crippen LogP contribution in [0.1, 0.15) is 10.4 Å². The number of hydrogen-bond donors (Lipinski definition) is 2. The molecule has 0 aliphatic heterocycles. The van der Waals surface area contributed by atoms with Gasteiger partial charge in [-0.1, -0.05) is 6.07 Å². The van der Waals surface area contributed by atoms with Crippen molar-refractivity contribution < 1.29 is 23.8 Å². The van der Waals surface area contributed by atoms with Crippen molar-refractivity contribution in [2.24, 2.45) is 0 Å². The summed E-state index contributed by atoms with van der Waals surface area (Å²) < 4.78 is 15.3. The molecule has 2 amide bonds. The summed E-state index contributed by atoms with van der Waals surface area (Å²) in [4.78, 5) is 23.1. The van der Waals surface area contributed by atoms with Gasteiger partial charge in [-0.15, -0.1) is 0 Å². The van der Waals surface area contributed by atoms with Crippen LogP contribution >= 0.6 is 0 Å². The van der Waals surface area contributed by atoms with E-state index in [2.05, 4.69) is 15.4 Å². The van der Waals surface area contributed by atoms with Gasteiger partial charge in [-0.25, -0.2) is 9.59 Å². The van der Waals surface area contributed by atoms with Gasteiger partial charge in [-0.3, -0.25) is 0 Å². The zero-order valence-electron chi connectivity index (χ0n) is 14.1. The highest BCUT2D eigenvalue weighted by atomic mass is 16.5. The predicted molar refractivity (Wildman–Crippen MR) is 93.3 cm³/mol. The quantitative estimate of drug-likeness (QED) is 0.596. The van der Waals surface area contributed by atoms with E-state index in [0.717, 1.165) is 0 Å². The Labute approximate surface area is 145 Å². The van der Waals surface area contributed by atoms with Crippen molar-refractivity contribution in [3.05, 3.63) is 54.1 Å². The molecule has 0 unspecified atom stereocenters. The molecule has 25 heavy (non-hydrogen) atoms. The number of carbonyl (C=O) groups is 2. The Morgan fingerprint density at radius 1 is 1.00 bits per heavy atom. The number of urea groups is 1. The predicted octanol–water partition coefficient (Wildman–Crippen LogP) is 2.68. The molecule has 2 aromatic carbocycles. The molecule has 0 aliphatic carbocycles. The fourth-order valence-corrected chi connectivity index (χ4v) is 2.01. The largest absolute Gasteiger partial charge is 0.497 e. The van der Waals surface area contributed by atoms with Crippen molar-refractivity contribution >= 4 is 17.7 Å². The maximum absolute atomic E-state index is 11.8. The van der Waals surface area contributed by atoms with Crippen molar-refractivity contribution in [2.45, 2.75) is 0 Å². The summed E-state index contributed by atoms with van der Waals surface area (Å²) in [6, 6.07) is 13.3. The number of hydrogen-bond acceptors (Lipinski definition) is 5. The smallest absolute Gasteiger partial charge is 0.337 e. The Balaban J connectivity index is 1.72. The fraction of sp³-hybridized carbons (Fsp3) is 0.222. The highest BCUT2D eigenvalue weighted by Crippen LogP contribution is 2.18. The third-order valence-corrected chi connectivity index (χ3v) is 3.26. The second-order valence-corrected chi connectivity index (χ2v) is 4.98. The van der Waals surface area contributed by atoms with Crippen LogP contribution in [0.2, 0.25) is 0 Å². The van der Waals surface area contributed by atoms with Gasteiger partial charge in [-0.05, 0) is 36.4 Å². The molecular weight excluding hydrogens is 324 g/mol. The lowest BCUT2D eigenvalue weighted by molar-refractivity contribution is 0.0600. The summed E-state index contributed by atoms with van der Waals surface area (Å²) in [7, 11) is 2.90. The van der Waals surface area contributed by atoms with E-state index in [1.165, 1.54) is 7.11 Å². The summed E-state index contributed by atoms with van der Waals surface area (Å²) in [5.41, 5.74) is 0.985. The van der Waals surface area contributed by atoms with Gasteiger partial charge in [0.25, 0.3) is 0 Å². The van der Waals surface area contributed by atoms with Crippen LogP contribution in [0, 0.1) is 0 Å². The third kappa shape index (κ3) is 5.72. The highest BCUT2D eigenvalue weighted by Gasteiger charge is 2.06. The topological polar surface area (TPSA) is 85.9 Å². The van der Waals surface area contributed by atoms with Crippen LogP contribution < -0.4 is 20.1 Å². The molecule has 7 heteroatoms. The number of methoxy groups -OCH3 is 2. The third-order valence-electron chi connectivity index (χ3n) is 3.26. The Kier molecular flexibility index (Phi) is 6.65. The number of carbonyl (C=O) groups excluding carboxylic acids is 2. The van der Waals surface area contributed by atoms with Gasteiger partial charge in [0.05, 0.1) is 26.3 Å². The first kappa shape index (κ1) is 18.1. The Bertz CT molecular complexity index is 716. The molecule has 0 bridgehead atoms. The van der Waals surface area contributed by atoms with Crippen LogP contribution in [0.25, 0.3) is 0 Å². The minimum atomic E-state index is -0.425. The molecule has 0 aromatic heterocycles. The standard InChI is InChI=1S/C18H20N2O5/c1-23-15-4-3-5-16(12-15)25-11-10-19-18(22)20-14-8-6-13(7-9-14)17(21)24-2/h3-9,12H,10-11H2,1-2H3,(H2,19,20,22). The van der Waals surface area contributed by atoms with Gasteiger partial charge < -0.3 is 24.8 Å². The summed E-state index contributed by atoms with van der Waals surface area (Å²) in [6.45, 7) is 0.658. The minimum absolute atomic E-state index is 0.321. The SMILES string of the molecule is COC(=O)c1ccc(NC(=O)NCCOc2cccc(OC)c2)cc1. The highest BCUT2D eigenvalue weighted by molar-refractivity contribution is 5.92. The maximum Gasteiger partial charge on any atom is 0.337 e. The molecule has 0 saturated heterocycles. The van der Waals surface area contributed by atoms with Crippen molar-refractivity contribution in [3.8, 4) is 11.5 Å². The van der Waals surface area contributed by atoms with Gasteiger partial charge in [0.1, 0.15) is 18.1 Å². The second-order valence-electron chi connectivity index (χ2n) is 4.98. The van der Waals surface area contributed by atoms with Crippen molar-refractivity contribution in [1.82, 2.24) is 5.32 Å². The van der Waals surface area contributed by atoms with Crippen LogP contribution in [0.4, 0.5) is 10.5 Å². The summed E-state index contributed by atoms with van der Waals surface area (Å²) in [5, 5.41) is 5.35. The zero-order valence-corrected chi connectivity index (χ0v) is 14.1. The summed E-state index contributed by atoms with van der Waals surface area (Å²) >= 11 is 0. The Morgan fingerprint density at radius 3 is 2.40 bits per heavy atom. The molecule has 132 valence electrons. The van der Waals surface area contributed by atoms with E-state index >= 15 is 0 Å². The zero-order chi connectivity index (χ0) is 18.1. The lowest BCUT2D eigenvalue weighted by atomic mass is 10.2. The van der Waals surface area contributed by atoms with Crippen molar-refractivity contribution in [3.63, 3.8) is 0 Å². The first-order valence-electron chi connectivity index (χ1n) is 7.62. The second kappa shape index (κ2) is 9.17. The Morgan fingerprint density at radius 2 is 1.72 bits per heavy atom. The van der Waals surface area contributed by atoms with E-state index in [1.54, 1.807) is 37.4 Å². The molecule has 0 radical (unpaired) electrons. The Hall–Kier alpha value is -3.22. The van der Waals surface area contributed by atoms with Crippen molar-refractivity contribution in [2.75, 3.05) is 32.7 Å². The number of esters is 1. The molecule has 0 aliphatic rings. The lowest BCUT2D eigenvalue weighted by Crippen LogP contribution is -2.32. The van der Waals surface area contributed by atoms with E-state index in [4.69, 9.17) is 9.47 Å². The van der Waals surface area contributed by atoms with Crippen LogP contribution in [0.3, 0.4) is 0 Å². The van der Waals surface area contributed by atoms with Crippen LogP contribution in [0.15, 0.2) is 48.5 Å². The van der Waals surface area contributed by atoms with Gasteiger partial charge in [0.15, 0.2) is 0 Å². The van der Waals surface area contributed by atoms with Gasteiger partial charge >= 0.3 is 12.0 Å². The number of rotatable bonds is 7. The average Bonchev–Trinajstić information content (AvgIpc) is 2.65. The van der Waals surface area contributed by atoms with E-state index in [0.29, 0.717) is 35.9 Å². The van der Waals surface area contributed by atoms with E-state index < -0.39 is 5.97 Å². The summed E-state index contributed by atoms with van der Waals surface area (Å²) in [6.07, 6.45) is 0. The monoisotopic (exact) mass is 344 g/mol. The molecule has 7 nitrogen and oxygen atoms in total. The van der Waals surface area contributed by atoms with Crippen LogP contribution in [-0.4, -0.2) is 39.4 Å². The number of ether oxygens (including phenoxy) is 3. The van der Waals surface area contributed by atoms with E-state index in [9.17, 15) is 9.59 Å². The normalized spacial score (nSPS) is 9.84. The molecule has 0 heterocycles. The van der Waals surface area contributed by atoms with E-state index in [-0.39, 0.29) is 6.03 Å². The molecular formula is C18H20N2O5.